The van der Waals surface area contributed by atoms with Gasteiger partial charge in [0.15, 0.2) is 0 Å². The van der Waals surface area contributed by atoms with E-state index in [2.05, 4.69) is 30.9 Å². The van der Waals surface area contributed by atoms with Gasteiger partial charge in [0.25, 0.3) is 11.6 Å². The highest BCUT2D eigenvalue weighted by atomic mass is 16.5. The lowest BCUT2D eigenvalue weighted by atomic mass is 10.2. The molecule has 0 radical (unpaired) electrons. The molecule has 4 aromatic rings. The van der Waals surface area contributed by atoms with Crippen LogP contribution in [0.3, 0.4) is 0 Å². The number of hydrogen-bond acceptors (Lipinski definition) is 7. The van der Waals surface area contributed by atoms with Crippen LogP contribution in [0, 0.1) is 6.92 Å². The summed E-state index contributed by atoms with van der Waals surface area (Å²) in [6.07, 6.45) is 1.52. The van der Waals surface area contributed by atoms with Crippen LogP contribution >= 0.6 is 0 Å². The van der Waals surface area contributed by atoms with E-state index < -0.39 is 6.04 Å². The monoisotopic (exact) mass is 349 g/mol. The molecule has 0 spiro atoms. The van der Waals surface area contributed by atoms with Crippen molar-refractivity contribution in [3.63, 3.8) is 0 Å². The van der Waals surface area contributed by atoms with E-state index in [0.717, 1.165) is 10.9 Å². The first-order chi connectivity index (χ1) is 12.6. The lowest BCUT2D eigenvalue weighted by Gasteiger charge is -2.10. The smallest absolute Gasteiger partial charge is 0.258 e. The Bertz CT molecular complexity index is 1070. The van der Waals surface area contributed by atoms with Gasteiger partial charge in [0.1, 0.15) is 6.04 Å². The number of aryl methyl sites for hydroxylation is 1. The Kier molecular flexibility index (Phi) is 3.88. The Morgan fingerprint density at radius 2 is 2.08 bits per heavy atom. The minimum absolute atomic E-state index is 0.280. The molecular weight excluding hydrogens is 334 g/mol. The number of benzene rings is 1. The number of carbonyl (C=O) groups excluding carboxylic acids is 1. The Labute approximate surface area is 148 Å². The average molecular weight is 349 g/mol. The zero-order chi connectivity index (χ0) is 18.1. The molecule has 1 atom stereocenters. The van der Waals surface area contributed by atoms with Gasteiger partial charge in [-0.05, 0) is 25.1 Å². The summed E-state index contributed by atoms with van der Waals surface area (Å²) in [5, 5.41) is 19.7. The van der Waals surface area contributed by atoms with Crippen LogP contribution in [-0.4, -0.2) is 36.3 Å². The maximum Gasteiger partial charge on any atom is 0.258 e. The Morgan fingerprint density at radius 3 is 2.88 bits per heavy atom. The van der Waals surface area contributed by atoms with Crippen LogP contribution in [0.15, 0.2) is 47.1 Å². The van der Waals surface area contributed by atoms with Crippen molar-refractivity contribution in [2.45, 2.75) is 19.9 Å². The van der Waals surface area contributed by atoms with Crippen molar-refractivity contribution in [2.24, 2.45) is 0 Å². The van der Waals surface area contributed by atoms with Gasteiger partial charge in [0.2, 0.25) is 5.82 Å². The van der Waals surface area contributed by atoms with Crippen molar-refractivity contribution in [1.29, 1.82) is 0 Å². The van der Waals surface area contributed by atoms with Crippen LogP contribution in [0.1, 0.15) is 18.7 Å². The van der Waals surface area contributed by atoms with Crippen molar-refractivity contribution in [2.75, 3.05) is 5.32 Å². The lowest BCUT2D eigenvalue weighted by Crippen LogP contribution is -2.25. The van der Waals surface area contributed by atoms with E-state index in [0.29, 0.717) is 22.9 Å². The van der Waals surface area contributed by atoms with E-state index >= 15 is 0 Å². The van der Waals surface area contributed by atoms with Crippen LogP contribution in [0.2, 0.25) is 0 Å². The Hall–Kier alpha value is -3.62. The van der Waals surface area contributed by atoms with Gasteiger partial charge in [-0.15, -0.1) is 10.2 Å². The van der Waals surface area contributed by atoms with E-state index in [-0.39, 0.29) is 5.91 Å². The molecule has 0 aliphatic heterocycles. The van der Waals surface area contributed by atoms with Gasteiger partial charge in [-0.1, -0.05) is 35.5 Å². The molecule has 1 aromatic carbocycles. The van der Waals surface area contributed by atoms with Gasteiger partial charge >= 0.3 is 0 Å². The second-order valence-corrected chi connectivity index (χ2v) is 5.81. The molecule has 9 nitrogen and oxygen atoms in total. The van der Waals surface area contributed by atoms with Crippen LogP contribution in [0.5, 0.6) is 0 Å². The van der Waals surface area contributed by atoms with Gasteiger partial charge in [0.05, 0.1) is 23.0 Å². The normalized spacial score (nSPS) is 12.2. The van der Waals surface area contributed by atoms with E-state index in [4.69, 9.17) is 4.52 Å². The van der Waals surface area contributed by atoms with E-state index in [1.807, 2.05) is 37.3 Å². The minimum atomic E-state index is -0.640. The first-order valence-corrected chi connectivity index (χ1v) is 7.99. The molecule has 130 valence electrons. The first-order valence-electron chi connectivity index (χ1n) is 7.99. The molecule has 4 rings (SSSR count). The fraction of sp³-hybridized carbons (Fsp3) is 0.176. The molecule has 3 heterocycles. The summed E-state index contributed by atoms with van der Waals surface area (Å²) in [6, 6.07) is 10.6. The molecule has 26 heavy (non-hydrogen) atoms. The van der Waals surface area contributed by atoms with E-state index in [1.54, 1.807) is 13.0 Å². The molecule has 0 unspecified atom stereocenters. The molecule has 0 saturated heterocycles. The van der Waals surface area contributed by atoms with Crippen LogP contribution < -0.4 is 5.32 Å². The van der Waals surface area contributed by atoms with Crippen molar-refractivity contribution < 1.29 is 9.32 Å². The predicted molar refractivity (Wildman–Crippen MR) is 93.1 cm³/mol. The molecule has 9 heteroatoms. The molecule has 1 amide bonds. The fourth-order valence-electron chi connectivity index (χ4n) is 2.46. The van der Waals surface area contributed by atoms with Crippen molar-refractivity contribution in [3.05, 3.63) is 48.3 Å². The Morgan fingerprint density at radius 1 is 1.27 bits per heavy atom. The number of aromatic nitrogens is 6. The third-order valence-corrected chi connectivity index (χ3v) is 3.96. The number of nitrogens with one attached hydrogen (secondary N) is 1. The van der Waals surface area contributed by atoms with Crippen LogP contribution in [0.25, 0.3) is 22.5 Å². The number of anilines is 1. The molecule has 0 fully saturated rings. The van der Waals surface area contributed by atoms with Gasteiger partial charge in [-0.25, -0.2) is 4.98 Å². The van der Waals surface area contributed by atoms with Crippen LogP contribution in [-0.2, 0) is 4.79 Å². The van der Waals surface area contributed by atoms with Gasteiger partial charge in [-0.2, -0.15) is 4.80 Å². The van der Waals surface area contributed by atoms with Gasteiger partial charge in [-0.3, -0.25) is 4.79 Å². The molecule has 0 aliphatic rings. The van der Waals surface area contributed by atoms with E-state index in [1.165, 1.54) is 11.0 Å². The van der Waals surface area contributed by atoms with Gasteiger partial charge in [0, 0.05) is 5.56 Å². The SMILES string of the molecule is Cc1noc2ncc(NC(=O)[C@H](C)n3nnc(-c4ccccc4)n3)cc12. The summed E-state index contributed by atoms with van der Waals surface area (Å²) in [7, 11) is 0. The number of rotatable bonds is 4. The topological polar surface area (TPSA) is 112 Å². The quantitative estimate of drug-likeness (QED) is 0.602. The predicted octanol–water partition coefficient (Wildman–Crippen LogP) is 2.38. The average Bonchev–Trinajstić information content (AvgIpc) is 3.29. The summed E-state index contributed by atoms with van der Waals surface area (Å²) in [4.78, 5) is 17.9. The zero-order valence-corrected chi connectivity index (χ0v) is 14.1. The van der Waals surface area contributed by atoms with E-state index in [9.17, 15) is 4.79 Å². The second-order valence-electron chi connectivity index (χ2n) is 5.81. The first kappa shape index (κ1) is 15.9. The number of hydrogen-bond donors (Lipinski definition) is 1. The van der Waals surface area contributed by atoms with Crippen molar-refractivity contribution in [3.8, 4) is 11.4 Å². The third kappa shape index (κ3) is 2.90. The summed E-state index contributed by atoms with van der Waals surface area (Å²) < 4.78 is 5.06. The van der Waals surface area contributed by atoms with Crippen molar-refractivity contribution in [1.82, 2.24) is 30.3 Å². The molecule has 0 saturated carbocycles. The zero-order valence-electron chi connectivity index (χ0n) is 14.1. The molecule has 1 N–H and O–H groups in total. The molecule has 0 bridgehead atoms. The highest BCUT2D eigenvalue weighted by Gasteiger charge is 2.19. The number of pyridine rings is 1. The number of fused-ring (bicyclic) bond motifs is 1. The number of carbonyl (C=O) groups is 1. The van der Waals surface area contributed by atoms with Crippen molar-refractivity contribution >= 4 is 22.7 Å². The molecule has 0 aliphatic carbocycles. The number of tetrazole rings is 1. The summed E-state index contributed by atoms with van der Waals surface area (Å²) in [6.45, 7) is 3.51. The number of nitrogens with zero attached hydrogens (tertiary/aromatic N) is 6. The maximum atomic E-state index is 12.5. The molecule has 3 aromatic heterocycles. The lowest BCUT2D eigenvalue weighted by molar-refractivity contribution is -0.119. The van der Waals surface area contributed by atoms with Gasteiger partial charge < -0.3 is 9.84 Å². The summed E-state index contributed by atoms with van der Waals surface area (Å²) in [5.41, 5.74) is 2.52. The largest absolute Gasteiger partial charge is 0.336 e. The third-order valence-electron chi connectivity index (χ3n) is 3.96. The standard InChI is InChI=1S/C17H15N7O2/c1-10-14-8-13(9-18-17(14)26-22-10)19-16(25)11(2)24-21-15(20-23-24)12-6-4-3-5-7-12/h3-9,11H,1-2H3,(H,19,25)/t11-/m0/s1. The minimum Gasteiger partial charge on any atom is -0.336 e. The maximum absolute atomic E-state index is 12.5. The summed E-state index contributed by atoms with van der Waals surface area (Å²) in [5.74, 6) is 0.186. The van der Waals surface area contributed by atoms with Crippen LogP contribution in [0.4, 0.5) is 5.69 Å². The molecular formula is C17H15N7O2. The fourth-order valence-corrected chi connectivity index (χ4v) is 2.46. The number of amides is 1. The summed E-state index contributed by atoms with van der Waals surface area (Å²) >= 11 is 0. The Balaban J connectivity index is 1.52. The highest BCUT2D eigenvalue weighted by Crippen LogP contribution is 2.20. The second kappa shape index (κ2) is 6.36. The highest BCUT2D eigenvalue weighted by molar-refractivity contribution is 5.94.